The zero-order valence-electron chi connectivity index (χ0n) is 49.7. The molecule has 0 rings (SSSR count). The van der Waals surface area contributed by atoms with Gasteiger partial charge in [-0.05, 0) is 37.0 Å². The Morgan fingerprint density at radius 1 is 0.236 bits per heavy atom. The molecule has 428 valence electrons. The molecule has 0 bridgehead atoms. The summed E-state index contributed by atoms with van der Waals surface area (Å²) >= 11 is 0. The van der Waals surface area contributed by atoms with Gasteiger partial charge in [-0.1, -0.05) is 330 Å². The van der Waals surface area contributed by atoms with Gasteiger partial charge in [-0.25, -0.2) is 0 Å². The minimum Gasteiger partial charge on any atom is -0.462 e. The molecule has 0 aromatic heterocycles. The number of unbranched alkanes of at least 4 members (excludes halogenated alkanes) is 42. The summed E-state index contributed by atoms with van der Waals surface area (Å²) in [6, 6.07) is 0. The second kappa shape index (κ2) is 57.1. The highest BCUT2D eigenvalue weighted by Crippen LogP contribution is 2.19. The molecule has 0 unspecified atom stereocenters. The van der Waals surface area contributed by atoms with Crippen LogP contribution in [0, 0.1) is 17.8 Å². The number of esters is 3. The van der Waals surface area contributed by atoms with Gasteiger partial charge in [0.2, 0.25) is 0 Å². The lowest BCUT2D eigenvalue weighted by Gasteiger charge is -2.18. The maximum absolute atomic E-state index is 12.9. The molecule has 0 fully saturated rings. The Kier molecular flexibility index (Phi) is 55.9. The van der Waals surface area contributed by atoms with Crippen molar-refractivity contribution in [2.45, 2.75) is 375 Å². The average Bonchev–Trinajstić information content (AvgIpc) is 3.34. The van der Waals surface area contributed by atoms with Crippen molar-refractivity contribution in [2.75, 3.05) is 13.2 Å². The highest BCUT2D eigenvalue weighted by Gasteiger charge is 2.19. The van der Waals surface area contributed by atoms with E-state index < -0.39 is 6.10 Å². The average molecular weight is 1020 g/mol. The maximum Gasteiger partial charge on any atom is 0.306 e. The molecule has 1 atom stereocenters. The molecule has 0 aromatic rings. The van der Waals surface area contributed by atoms with Gasteiger partial charge >= 0.3 is 17.9 Å². The minimum absolute atomic E-state index is 0.0625. The van der Waals surface area contributed by atoms with Crippen LogP contribution in [-0.4, -0.2) is 37.2 Å². The minimum atomic E-state index is -0.765. The second-order valence-electron chi connectivity index (χ2n) is 24.2. The van der Waals surface area contributed by atoms with Crippen molar-refractivity contribution in [3.8, 4) is 0 Å². The van der Waals surface area contributed by atoms with Crippen LogP contribution in [0.4, 0.5) is 0 Å². The van der Waals surface area contributed by atoms with Crippen molar-refractivity contribution in [3.05, 3.63) is 0 Å². The molecule has 6 heteroatoms. The summed E-state index contributed by atoms with van der Waals surface area (Å²) in [6.07, 6.45) is 62.5. The van der Waals surface area contributed by atoms with E-state index in [1.54, 1.807) is 0 Å². The number of hydrogen-bond donors (Lipinski definition) is 0. The molecule has 0 saturated carbocycles. The van der Waals surface area contributed by atoms with Crippen molar-refractivity contribution < 1.29 is 28.6 Å². The van der Waals surface area contributed by atoms with Crippen LogP contribution >= 0.6 is 0 Å². The predicted molar refractivity (Wildman–Crippen MR) is 312 cm³/mol. The van der Waals surface area contributed by atoms with E-state index in [2.05, 4.69) is 41.5 Å². The molecule has 0 amide bonds. The van der Waals surface area contributed by atoms with E-state index in [1.807, 2.05) is 0 Å². The second-order valence-corrected chi connectivity index (χ2v) is 24.2. The van der Waals surface area contributed by atoms with Crippen molar-refractivity contribution in [1.82, 2.24) is 0 Å². The van der Waals surface area contributed by atoms with Gasteiger partial charge in [-0.2, -0.15) is 0 Å². The molecule has 72 heavy (non-hydrogen) atoms. The van der Waals surface area contributed by atoms with E-state index in [0.29, 0.717) is 19.3 Å². The van der Waals surface area contributed by atoms with Crippen LogP contribution in [-0.2, 0) is 28.6 Å². The third kappa shape index (κ3) is 59.3. The molecule has 0 aliphatic heterocycles. The highest BCUT2D eigenvalue weighted by atomic mass is 16.6. The zero-order valence-corrected chi connectivity index (χ0v) is 49.7. The molecular weight excluding hydrogens is 889 g/mol. The topological polar surface area (TPSA) is 78.9 Å². The van der Waals surface area contributed by atoms with Gasteiger partial charge in [0, 0.05) is 19.3 Å². The zero-order chi connectivity index (χ0) is 52.6. The number of rotatable bonds is 59. The fraction of sp³-hybridized carbons (Fsp3) is 0.955. The SMILES string of the molecule is CC(C)CCCCCCCCCCCCCCCCCCCCC(=O)OC[C@H](COC(=O)CCCCCCCCCCCCCCCCCC(C)C)OC(=O)CCCCCCCCCCCCCCC(C)C. The van der Waals surface area contributed by atoms with Crippen LogP contribution in [0.1, 0.15) is 369 Å². The van der Waals surface area contributed by atoms with Gasteiger partial charge in [-0.15, -0.1) is 0 Å². The molecule has 0 radical (unpaired) electrons. The molecule has 0 aliphatic rings. The third-order valence-corrected chi connectivity index (χ3v) is 15.1. The Labute approximate surface area is 450 Å². The summed E-state index contributed by atoms with van der Waals surface area (Å²) in [7, 11) is 0. The first-order valence-electron chi connectivity index (χ1n) is 32.6. The lowest BCUT2D eigenvalue weighted by atomic mass is 10.0. The van der Waals surface area contributed by atoms with Gasteiger partial charge in [-0.3, -0.25) is 14.4 Å². The Hall–Kier alpha value is -1.59. The summed E-state index contributed by atoms with van der Waals surface area (Å²) in [4.78, 5) is 38.3. The number of hydrogen-bond acceptors (Lipinski definition) is 6. The van der Waals surface area contributed by atoms with Crippen LogP contribution in [0.15, 0.2) is 0 Å². The normalized spacial score (nSPS) is 12.1. The lowest BCUT2D eigenvalue weighted by Crippen LogP contribution is -2.30. The number of carbonyl (C=O) groups excluding carboxylic acids is 3. The van der Waals surface area contributed by atoms with Crippen LogP contribution in [0.2, 0.25) is 0 Å². The Morgan fingerprint density at radius 3 is 0.597 bits per heavy atom. The molecule has 6 nitrogen and oxygen atoms in total. The van der Waals surface area contributed by atoms with Gasteiger partial charge in [0.25, 0.3) is 0 Å². The summed E-state index contributed by atoms with van der Waals surface area (Å²) in [5.41, 5.74) is 0. The lowest BCUT2D eigenvalue weighted by molar-refractivity contribution is -0.167. The molecular formula is C66H128O6. The first-order chi connectivity index (χ1) is 35.1. The largest absolute Gasteiger partial charge is 0.462 e. The standard InChI is InChI=1S/C66H128O6/c1-60(2)52-46-40-34-28-22-16-12-9-7-8-10-14-18-25-31-37-43-49-55-64(67)70-58-63(72-66(69)57-51-45-39-33-27-21-20-24-30-36-42-48-54-62(5)6)59-71-65(68)56-50-44-38-32-26-19-15-11-13-17-23-29-35-41-47-53-61(3)4/h60-63H,7-59H2,1-6H3/t63-/m1/s1. The van der Waals surface area contributed by atoms with E-state index in [-0.39, 0.29) is 31.1 Å². The quantitative estimate of drug-likeness (QED) is 0.0343. The first kappa shape index (κ1) is 70.4. The van der Waals surface area contributed by atoms with E-state index in [0.717, 1.165) is 75.5 Å². The molecule has 0 aliphatic carbocycles. The Bertz CT molecular complexity index is 1120. The van der Waals surface area contributed by atoms with Gasteiger partial charge in [0.1, 0.15) is 13.2 Å². The van der Waals surface area contributed by atoms with Gasteiger partial charge in [0.15, 0.2) is 6.10 Å². The van der Waals surface area contributed by atoms with E-state index in [9.17, 15) is 14.4 Å². The fourth-order valence-electron chi connectivity index (χ4n) is 10.2. The summed E-state index contributed by atoms with van der Waals surface area (Å²) < 4.78 is 17.0. The highest BCUT2D eigenvalue weighted by molar-refractivity contribution is 5.71. The Balaban J connectivity index is 4.26. The number of ether oxygens (including phenoxy) is 3. The Morgan fingerprint density at radius 2 is 0.403 bits per heavy atom. The fourth-order valence-corrected chi connectivity index (χ4v) is 10.2. The van der Waals surface area contributed by atoms with Crippen LogP contribution in [0.5, 0.6) is 0 Å². The van der Waals surface area contributed by atoms with Crippen LogP contribution in [0.3, 0.4) is 0 Å². The van der Waals surface area contributed by atoms with Crippen molar-refractivity contribution in [2.24, 2.45) is 17.8 Å². The maximum atomic E-state index is 12.9. The smallest absolute Gasteiger partial charge is 0.306 e. The van der Waals surface area contributed by atoms with Gasteiger partial charge in [0.05, 0.1) is 0 Å². The number of carbonyl (C=O) groups is 3. The van der Waals surface area contributed by atoms with Crippen molar-refractivity contribution in [1.29, 1.82) is 0 Å². The van der Waals surface area contributed by atoms with Gasteiger partial charge < -0.3 is 14.2 Å². The van der Waals surface area contributed by atoms with Crippen molar-refractivity contribution >= 4 is 17.9 Å². The molecule has 0 N–H and O–H groups in total. The van der Waals surface area contributed by atoms with E-state index in [4.69, 9.17) is 14.2 Å². The van der Waals surface area contributed by atoms with E-state index in [1.165, 1.54) is 250 Å². The molecule has 0 saturated heterocycles. The first-order valence-corrected chi connectivity index (χ1v) is 32.6. The molecule has 0 heterocycles. The summed E-state index contributed by atoms with van der Waals surface area (Å²) in [6.45, 7) is 13.8. The van der Waals surface area contributed by atoms with E-state index >= 15 is 0 Å². The third-order valence-electron chi connectivity index (χ3n) is 15.1. The molecule has 0 spiro atoms. The predicted octanol–water partition coefficient (Wildman–Crippen LogP) is 21.8. The van der Waals surface area contributed by atoms with Crippen LogP contribution < -0.4 is 0 Å². The summed E-state index contributed by atoms with van der Waals surface area (Å²) in [5.74, 6) is 1.71. The van der Waals surface area contributed by atoms with Crippen molar-refractivity contribution in [3.63, 3.8) is 0 Å². The molecule has 0 aromatic carbocycles. The van der Waals surface area contributed by atoms with Crippen LogP contribution in [0.25, 0.3) is 0 Å². The summed E-state index contributed by atoms with van der Waals surface area (Å²) in [5, 5.41) is 0. The monoisotopic (exact) mass is 1020 g/mol.